The molecule has 3 heterocycles. The van der Waals surface area contributed by atoms with Gasteiger partial charge in [0, 0.05) is 37.0 Å². The van der Waals surface area contributed by atoms with E-state index in [9.17, 15) is 32.7 Å². The molecule has 5 rings (SSSR count). The summed E-state index contributed by atoms with van der Waals surface area (Å²) in [5.74, 6) is -3.05. The van der Waals surface area contributed by atoms with Crippen LogP contribution in [-0.2, 0) is 29.4 Å². The third-order valence-electron chi connectivity index (χ3n) is 8.61. The third-order valence-corrected chi connectivity index (χ3v) is 8.61. The van der Waals surface area contributed by atoms with Crippen molar-refractivity contribution in [2.75, 3.05) is 31.3 Å². The van der Waals surface area contributed by atoms with Crippen LogP contribution in [0.25, 0.3) is 11.3 Å². The van der Waals surface area contributed by atoms with Crippen LogP contribution in [0, 0.1) is 26.6 Å². The molecule has 46 heavy (non-hydrogen) atoms. The second-order valence-corrected chi connectivity index (χ2v) is 11.5. The quantitative estimate of drug-likeness (QED) is 0.369. The molecule has 14 heteroatoms. The minimum Gasteiger partial charge on any atom is -0.493 e. The lowest BCUT2D eigenvalue weighted by molar-refractivity contribution is -0.167. The van der Waals surface area contributed by atoms with Crippen molar-refractivity contribution in [3.05, 3.63) is 74.1 Å². The first kappa shape index (κ1) is 32.9. The van der Waals surface area contributed by atoms with E-state index in [1.807, 2.05) is 0 Å². The summed E-state index contributed by atoms with van der Waals surface area (Å²) in [6.45, 7) is 4.62. The van der Waals surface area contributed by atoms with Crippen molar-refractivity contribution in [3.63, 3.8) is 0 Å². The largest absolute Gasteiger partial charge is 0.493 e. The van der Waals surface area contributed by atoms with E-state index in [2.05, 4.69) is 10.3 Å². The predicted molar refractivity (Wildman–Crippen MR) is 160 cm³/mol. The Kier molecular flexibility index (Phi) is 9.12. The van der Waals surface area contributed by atoms with Crippen molar-refractivity contribution in [3.8, 4) is 17.0 Å². The van der Waals surface area contributed by atoms with E-state index in [0.29, 0.717) is 53.3 Å². The van der Waals surface area contributed by atoms with Crippen molar-refractivity contribution in [2.45, 2.75) is 58.3 Å². The van der Waals surface area contributed by atoms with Crippen molar-refractivity contribution in [2.24, 2.45) is 7.05 Å². The normalized spacial score (nSPS) is 17.2. The fourth-order valence-corrected chi connectivity index (χ4v) is 5.95. The molecular weight excluding hydrogens is 612 g/mol. The highest BCUT2D eigenvalue weighted by Gasteiger charge is 2.45. The Morgan fingerprint density at radius 1 is 1.17 bits per heavy atom. The molecule has 10 nitrogen and oxygen atoms in total. The summed E-state index contributed by atoms with van der Waals surface area (Å²) < 4.78 is 68.6. The van der Waals surface area contributed by atoms with Gasteiger partial charge in [0.15, 0.2) is 0 Å². The number of aliphatic carboxylic acids is 1. The fourth-order valence-electron chi connectivity index (χ4n) is 5.95. The number of aromatic nitrogens is 2. The minimum atomic E-state index is -4.62. The number of carboxylic acid groups (broad SMARTS) is 1. The first-order valence-electron chi connectivity index (χ1n) is 14.8. The zero-order valence-electron chi connectivity index (χ0n) is 25.8. The molecule has 0 spiro atoms. The summed E-state index contributed by atoms with van der Waals surface area (Å²) >= 11 is 0. The fraction of sp³-hybridized carbons (Fsp3) is 0.438. The summed E-state index contributed by atoms with van der Waals surface area (Å²) in [6, 6.07) is 1.97. The van der Waals surface area contributed by atoms with Gasteiger partial charge in [-0.3, -0.25) is 9.59 Å². The summed E-state index contributed by atoms with van der Waals surface area (Å²) in [5, 5.41) is 12.4. The molecule has 1 saturated heterocycles. The predicted octanol–water partition coefficient (Wildman–Crippen LogP) is 4.03. The number of hydrogen-bond acceptors (Lipinski definition) is 7. The third kappa shape index (κ3) is 6.30. The molecule has 246 valence electrons. The van der Waals surface area contributed by atoms with E-state index >= 15 is 4.39 Å². The maximum Gasteiger partial charge on any atom is 0.411 e. The number of hydrogen-bond donors (Lipinski definition) is 2. The number of ether oxygens (including phenoxy) is 2. The Bertz CT molecular complexity index is 1730. The van der Waals surface area contributed by atoms with E-state index in [1.165, 1.54) is 17.6 Å². The molecule has 1 aromatic heterocycles. The maximum atomic E-state index is 15.4. The molecule has 2 aliphatic heterocycles. The molecule has 2 aromatic carbocycles. The summed E-state index contributed by atoms with van der Waals surface area (Å²) in [5.41, 5.74) is 2.50. The lowest BCUT2D eigenvalue weighted by Gasteiger charge is -2.38. The Labute approximate surface area is 261 Å². The average Bonchev–Trinajstić information content (AvgIpc) is 3.01. The van der Waals surface area contributed by atoms with E-state index in [1.54, 1.807) is 33.0 Å². The van der Waals surface area contributed by atoms with Gasteiger partial charge in [-0.05, 0) is 68.5 Å². The van der Waals surface area contributed by atoms with E-state index in [4.69, 9.17) is 9.47 Å². The monoisotopic (exact) mass is 646 g/mol. The number of nitrogens with one attached hydrogen (secondary N) is 1. The number of aryl methyl sites for hydroxylation is 2. The van der Waals surface area contributed by atoms with Gasteiger partial charge in [0.25, 0.3) is 11.5 Å². The number of fused-ring (bicyclic) bond motifs is 1. The van der Waals surface area contributed by atoms with Crippen molar-refractivity contribution >= 4 is 17.6 Å². The second kappa shape index (κ2) is 12.7. The van der Waals surface area contributed by atoms with Crippen molar-refractivity contribution in [1.29, 1.82) is 0 Å². The molecule has 3 aromatic rings. The molecular formula is C32H34F4N4O6. The molecule has 1 fully saturated rings. The van der Waals surface area contributed by atoms with E-state index in [0.717, 1.165) is 11.0 Å². The van der Waals surface area contributed by atoms with E-state index in [-0.39, 0.29) is 42.1 Å². The first-order valence-corrected chi connectivity index (χ1v) is 14.8. The number of carboxylic acids is 1. The number of morpholine rings is 1. The maximum absolute atomic E-state index is 15.4. The summed E-state index contributed by atoms with van der Waals surface area (Å²) in [7, 11) is 1.65. The van der Waals surface area contributed by atoms with Crippen molar-refractivity contribution < 1.29 is 41.7 Å². The number of carbonyl (C=O) groups is 2. The number of halogens is 4. The van der Waals surface area contributed by atoms with Gasteiger partial charge in [0.05, 0.1) is 31.1 Å². The van der Waals surface area contributed by atoms with Crippen molar-refractivity contribution in [1.82, 2.24) is 14.9 Å². The van der Waals surface area contributed by atoms with E-state index < -0.39 is 48.1 Å². The SMILES string of the molecule is Cc1cc(N2CCOC[C@@H]2C(F)(F)F)cc(F)c1C(=O)NC(Cc1ccc(-c2nc(C)c(C)n(C)c2=O)c2c1CCCO2)C(=O)O. The first-order chi connectivity index (χ1) is 21.7. The zero-order chi connectivity index (χ0) is 33.5. The lowest BCUT2D eigenvalue weighted by atomic mass is 9.91. The highest BCUT2D eigenvalue weighted by atomic mass is 19.4. The molecule has 0 aliphatic carbocycles. The Morgan fingerprint density at radius 2 is 1.91 bits per heavy atom. The molecule has 2 atom stereocenters. The van der Waals surface area contributed by atoms with Crippen LogP contribution in [0.5, 0.6) is 5.75 Å². The van der Waals surface area contributed by atoms with Gasteiger partial charge in [0.1, 0.15) is 29.3 Å². The van der Waals surface area contributed by atoms with Gasteiger partial charge in [-0.2, -0.15) is 13.2 Å². The summed E-state index contributed by atoms with van der Waals surface area (Å²) in [6.07, 6.45) is -3.63. The number of nitrogens with zero attached hydrogens (tertiary/aromatic N) is 3. The molecule has 2 aliphatic rings. The van der Waals surface area contributed by atoms with Crippen LogP contribution >= 0.6 is 0 Å². The molecule has 1 unspecified atom stereocenters. The number of anilines is 1. The number of amides is 1. The van der Waals surface area contributed by atoms with Gasteiger partial charge in [-0.1, -0.05) is 6.07 Å². The van der Waals surface area contributed by atoms with Crippen LogP contribution in [-0.4, -0.2) is 71.2 Å². The van der Waals surface area contributed by atoms with Gasteiger partial charge in [-0.25, -0.2) is 14.2 Å². The molecule has 0 bridgehead atoms. The van der Waals surface area contributed by atoms with Crippen LogP contribution in [0.2, 0.25) is 0 Å². The van der Waals surface area contributed by atoms with Crippen LogP contribution in [0.4, 0.5) is 23.2 Å². The average molecular weight is 647 g/mol. The Balaban J connectivity index is 1.43. The number of benzene rings is 2. The number of alkyl halides is 3. The lowest BCUT2D eigenvalue weighted by Crippen LogP contribution is -2.53. The zero-order valence-corrected chi connectivity index (χ0v) is 25.8. The second-order valence-electron chi connectivity index (χ2n) is 11.5. The topological polar surface area (TPSA) is 123 Å². The van der Waals surface area contributed by atoms with Gasteiger partial charge in [-0.15, -0.1) is 0 Å². The molecule has 0 radical (unpaired) electrons. The molecule has 2 N–H and O–H groups in total. The highest BCUT2D eigenvalue weighted by molar-refractivity contribution is 5.98. The highest BCUT2D eigenvalue weighted by Crippen LogP contribution is 2.38. The smallest absolute Gasteiger partial charge is 0.411 e. The Morgan fingerprint density at radius 3 is 2.59 bits per heavy atom. The van der Waals surface area contributed by atoms with Crippen LogP contribution in [0.3, 0.4) is 0 Å². The Hall–Kier alpha value is -4.46. The van der Waals surface area contributed by atoms with Gasteiger partial charge in [0.2, 0.25) is 0 Å². The number of rotatable bonds is 7. The van der Waals surface area contributed by atoms with Crippen LogP contribution < -0.4 is 20.5 Å². The molecule has 0 saturated carbocycles. The minimum absolute atomic E-state index is 0.0172. The number of carbonyl (C=O) groups excluding carboxylic acids is 1. The van der Waals surface area contributed by atoms with Crippen LogP contribution in [0.1, 0.15) is 44.9 Å². The molecule has 1 amide bonds. The van der Waals surface area contributed by atoms with Gasteiger partial charge < -0.3 is 29.4 Å². The summed E-state index contributed by atoms with van der Waals surface area (Å²) in [4.78, 5) is 44.2. The standard InChI is InChI=1S/C32H34F4N4O6/c1-16-12-20(40-9-11-45-15-25(40)32(34,35)36)14-23(33)26(16)29(41)38-24(31(43)44)13-19-7-8-22(28-21(19)6-5-10-46-28)27-30(42)39(4)18(3)17(2)37-27/h7-8,12,14,24-25H,5-6,9-11,13,15H2,1-4H3,(H,38,41)(H,43,44)/t24?,25-/m1/s1. The van der Waals surface area contributed by atoms with Gasteiger partial charge >= 0.3 is 12.1 Å². The van der Waals surface area contributed by atoms with Crippen LogP contribution in [0.15, 0.2) is 29.1 Å².